The summed E-state index contributed by atoms with van der Waals surface area (Å²) in [6.45, 7) is 8.62. The third-order valence-electron chi connectivity index (χ3n) is 8.18. The summed E-state index contributed by atoms with van der Waals surface area (Å²) in [6, 6.07) is 19.2. The van der Waals surface area contributed by atoms with E-state index >= 15 is 0 Å². The Morgan fingerprint density at radius 2 is 1.54 bits per heavy atom. The molecule has 2 aliphatic heterocycles. The van der Waals surface area contributed by atoms with Crippen molar-refractivity contribution in [1.29, 1.82) is 0 Å². The zero-order valence-electron chi connectivity index (χ0n) is 24.2. The first kappa shape index (κ1) is 27.1. The van der Waals surface area contributed by atoms with Crippen molar-refractivity contribution in [2.45, 2.75) is 32.4 Å². The van der Waals surface area contributed by atoms with Gasteiger partial charge in [0.2, 0.25) is 5.95 Å². The van der Waals surface area contributed by atoms with Crippen molar-refractivity contribution >= 4 is 28.5 Å². The van der Waals surface area contributed by atoms with Crippen LogP contribution in [0, 0.1) is 6.92 Å². The molecule has 214 valence electrons. The number of benzene rings is 2. The van der Waals surface area contributed by atoms with Gasteiger partial charge in [0.15, 0.2) is 11.5 Å². The fraction of sp³-hybridized carbons (Fsp3) is 0.406. The van der Waals surface area contributed by atoms with Crippen LogP contribution in [0.2, 0.25) is 0 Å². The first-order chi connectivity index (χ1) is 20.1. The van der Waals surface area contributed by atoms with Crippen LogP contribution in [0.5, 0.6) is 11.5 Å². The van der Waals surface area contributed by atoms with Gasteiger partial charge in [0.05, 0.1) is 19.7 Å². The van der Waals surface area contributed by atoms with Gasteiger partial charge in [-0.1, -0.05) is 35.9 Å². The zero-order chi connectivity index (χ0) is 28.2. The predicted octanol–water partition coefficient (Wildman–Crippen LogP) is 4.75. The van der Waals surface area contributed by atoms with E-state index in [4.69, 9.17) is 19.4 Å². The third-order valence-corrected chi connectivity index (χ3v) is 8.18. The van der Waals surface area contributed by atoms with Gasteiger partial charge in [-0.25, -0.2) is 9.97 Å². The highest BCUT2D eigenvalue weighted by Crippen LogP contribution is 2.36. The molecule has 0 radical (unpaired) electrons. The van der Waals surface area contributed by atoms with Crippen LogP contribution in [0.25, 0.3) is 10.9 Å². The minimum Gasteiger partial charge on any atom is -0.493 e. The number of nitrogens with one attached hydrogen (secondary N) is 1. The molecule has 6 rings (SSSR count). The molecule has 2 aromatic heterocycles. The molecule has 2 fully saturated rings. The van der Waals surface area contributed by atoms with E-state index in [0.29, 0.717) is 17.5 Å². The highest BCUT2D eigenvalue weighted by atomic mass is 16.5. The number of pyridine rings is 1. The number of ether oxygens (including phenoxy) is 2. The number of hydrogen-bond donors (Lipinski definition) is 1. The second-order valence-electron chi connectivity index (χ2n) is 10.9. The molecule has 0 amide bonds. The molecular weight excluding hydrogens is 514 g/mol. The molecule has 9 nitrogen and oxygen atoms in total. The average molecular weight is 554 g/mol. The van der Waals surface area contributed by atoms with Gasteiger partial charge in [0.1, 0.15) is 11.6 Å². The maximum atomic E-state index is 5.63. The quantitative estimate of drug-likeness (QED) is 0.332. The summed E-state index contributed by atoms with van der Waals surface area (Å²) in [6.07, 6.45) is 3.96. The molecule has 9 heteroatoms. The molecule has 2 aromatic carbocycles. The van der Waals surface area contributed by atoms with Gasteiger partial charge >= 0.3 is 0 Å². The van der Waals surface area contributed by atoms with Gasteiger partial charge in [-0.15, -0.1) is 0 Å². The van der Waals surface area contributed by atoms with Gasteiger partial charge in [-0.05, 0) is 43.5 Å². The van der Waals surface area contributed by atoms with Crippen molar-refractivity contribution in [2.75, 3.05) is 68.6 Å². The van der Waals surface area contributed by atoms with Crippen molar-refractivity contribution in [3.63, 3.8) is 0 Å². The van der Waals surface area contributed by atoms with Crippen LogP contribution in [0.4, 0.5) is 17.6 Å². The summed E-state index contributed by atoms with van der Waals surface area (Å²) in [5.41, 5.74) is 3.52. The van der Waals surface area contributed by atoms with E-state index in [9.17, 15) is 0 Å². The number of rotatable bonds is 8. The second-order valence-corrected chi connectivity index (χ2v) is 10.9. The Morgan fingerprint density at radius 1 is 0.829 bits per heavy atom. The standard InChI is InChI=1S/C32H39N7O2/c1-23-7-9-24(10-8-23)22-37-14-11-25(12-15-37)34-31-26-20-28(40-2)29(41-3)21-27(26)35-32(36-31)39-18-16-38(17-19-39)30-6-4-5-13-33-30/h4-10,13,20-21,25H,11-12,14-19,22H2,1-3H3,(H,34,35,36). The van der Waals surface area contributed by atoms with Crippen LogP contribution >= 0.6 is 0 Å². The van der Waals surface area contributed by atoms with E-state index in [0.717, 1.165) is 87.1 Å². The number of piperidine rings is 1. The zero-order valence-corrected chi connectivity index (χ0v) is 24.2. The maximum Gasteiger partial charge on any atom is 0.228 e. The number of piperazine rings is 1. The fourth-order valence-corrected chi connectivity index (χ4v) is 5.75. The van der Waals surface area contributed by atoms with Gasteiger partial charge in [0.25, 0.3) is 0 Å². The normalized spacial score (nSPS) is 16.7. The van der Waals surface area contributed by atoms with Crippen molar-refractivity contribution in [3.8, 4) is 11.5 Å². The molecular formula is C32H39N7O2. The Labute approximate surface area is 242 Å². The minimum atomic E-state index is 0.337. The SMILES string of the molecule is COc1cc2nc(N3CCN(c4ccccn4)CC3)nc(NC3CCN(Cc4ccc(C)cc4)CC3)c2cc1OC. The maximum absolute atomic E-state index is 5.63. The number of aryl methyl sites for hydroxylation is 1. The highest BCUT2D eigenvalue weighted by molar-refractivity contribution is 5.93. The summed E-state index contributed by atoms with van der Waals surface area (Å²) in [4.78, 5) is 21.7. The smallest absolute Gasteiger partial charge is 0.228 e. The molecule has 0 spiro atoms. The monoisotopic (exact) mass is 553 g/mol. The number of anilines is 3. The highest BCUT2D eigenvalue weighted by Gasteiger charge is 2.24. The van der Waals surface area contributed by atoms with E-state index in [1.807, 2.05) is 30.5 Å². The molecule has 1 N–H and O–H groups in total. The topological polar surface area (TPSA) is 78.9 Å². The average Bonchev–Trinajstić information content (AvgIpc) is 3.03. The lowest BCUT2D eigenvalue weighted by Crippen LogP contribution is -2.47. The van der Waals surface area contributed by atoms with Crippen LogP contribution in [0.3, 0.4) is 0 Å². The van der Waals surface area contributed by atoms with Gasteiger partial charge in [-0.2, -0.15) is 4.98 Å². The molecule has 0 aliphatic carbocycles. The van der Waals surface area contributed by atoms with E-state index in [-0.39, 0.29) is 0 Å². The lowest BCUT2D eigenvalue weighted by atomic mass is 10.0. The number of methoxy groups -OCH3 is 2. The lowest BCUT2D eigenvalue weighted by Gasteiger charge is -2.36. The predicted molar refractivity (Wildman–Crippen MR) is 164 cm³/mol. The molecule has 4 aromatic rings. The van der Waals surface area contributed by atoms with E-state index in [1.165, 1.54) is 11.1 Å². The second kappa shape index (κ2) is 12.2. The molecule has 0 saturated carbocycles. The van der Waals surface area contributed by atoms with E-state index in [1.54, 1.807) is 14.2 Å². The number of aromatic nitrogens is 3. The minimum absolute atomic E-state index is 0.337. The van der Waals surface area contributed by atoms with E-state index in [2.05, 4.69) is 62.3 Å². The van der Waals surface area contributed by atoms with Crippen LogP contribution in [-0.4, -0.2) is 79.4 Å². The lowest BCUT2D eigenvalue weighted by molar-refractivity contribution is 0.211. The molecule has 0 unspecified atom stereocenters. The third kappa shape index (κ3) is 6.15. The van der Waals surface area contributed by atoms with Crippen molar-refractivity contribution in [3.05, 3.63) is 71.9 Å². The molecule has 41 heavy (non-hydrogen) atoms. The summed E-state index contributed by atoms with van der Waals surface area (Å²) in [7, 11) is 3.32. The number of fused-ring (bicyclic) bond motifs is 1. The number of likely N-dealkylation sites (tertiary alicyclic amines) is 1. The Kier molecular flexibility index (Phi) is 8.04. The molecule has 2 aliphatic rings. The molecule has 4 heterocycles. The Balaban J connectivity index is 1.20. The Morgan fingerprint density at radius 3 is 2.22 bits per heavy atom. The van der Waals surface area contributed by atoms with Gasteiger partial charge in [-0.3, -0.25) is 4.90 Å². The summed E-state index contributed by atoms with van der Waals surface area (Å²) < 4.78 is 11.2. The first-order valence-corrected chi connectivity index (χ1v) is 14.5. The van der Waals surface area contributed by atoms with Crippen molar-refractivity contribution in [2.24, 2.45) is 0 Å². The summed E-state index contributed by atoms with van der Waals surface area (Å²) >= 11 is 0. The van der Waals surface area contributed by atoms with Crippen LogP contribution in [0.1, 0.15) is 24.0 Å². The fourth-order valence-electron chi connectivity index (χ4n) is 5.75. The molecule has 0 atom stereocenters. The summed E-state index contributed by atoms with van der Waals surface area (Å²) in [5, 5.41) is 4.74. The molecule has 0 bridgehead atoms. The van der Waals surface area contributed by atoms with Crippen molar-refractivity contribution in [1.82, 2.24) is 19.9 Å². The molecule has 2 saturated heterocycles. The number of nitrogens with zero attached hydrogens (tertiary/aromatic N) is 6. The number of hydrogen-bond acceptors (Lipinski definition) is 9. The Hall–Kier alpha value is -4.11. The first-order valence-electron chi connectivity index (χ1n) is 14.5. The summed E-state index contributed by atoms with van der Waals surface area (Å²) in [5.74, 6) is 3.95. The largest absolute Gasteiger partial charge is 0.493 e. The van der Waals surface area contributed by atoms with Crippen LogP contribution in [-0.2, 0) is 6.54 Å². The van der Waals surface area contributed by atoms with Gasteiger partial charge < -0.3 is 24.6 Å². The van der Waals surface area contributed by atoms with Gasteiger partial charge in [0, 0.05) is 69.5 Å². The van der Waals surface area contributed by atoms with E-state index < -0.39 is 0 Å². The van der Waals surface area contributed by atoms with Crippen molar-refractivity contribution < 1.29 is 9.47 Å². The Bertz CT molecular complexity index is 1450. The van der Waals surface area contributed by atoms with Crippen LogP contribution in [0.15, 0.2) is 60.8 Å². The van der Waals surface area contributed by atoms with Crippen LogP contribution < -0.4 is 24.6 Å².